The molecule has 3 heterocycles. The van der Waals surface area contributed by atoms with Crippen molar-refractivity contribution >= 4 is 23.4 Å². The van der Waals surface area contributed by atoms with Crippen molar-refractivity contribution in [1.82, 2.24) is 9.80 Å². The Kier molecular flexibility index (Phi) is 9.92. The summed E-state index contributed by atoms with van der Waals surface area (Å²) in [7, 11) is 0. The second kappa shape index (κ2) is 12.9. The van der Waals surface area contributed by atoms with Crippen molar-refractivity contribution in [2.24, 2.45) is 23.7 Å². The van der Waals surface area contributed by atoms with Crippen LogP contribution in [0.25, 0.3) is 0 Å². The van der Waals surface area contributed by atoms with E-state index in [0.29, 0.717) is 25.1 Å². The zero-order chi connectivity index (χ0) is 31.7. The van der Waals surface area contributed by atoms with E-state index in [1.54, 1.807) is 26.9 Å². The summed E-state index contributed by atoms with van der Waals surface area (Å²) in [6.45, 7) is 20.2. The van der Waals surface area contributed by atoms with Crippen LogP contribution in [0.3, 0.4) is 0 Å². The number of benzene rings is 1. The van der Waals surface area contributed by atoms with E-state index in [0.717, 1.165) is 12.8 Å². The second-order valence-electron chi connectivity index (χ2n) is 13.1. The summed E-state index contributed by atoms with van der Waals surface area (Å²) in [5.41, 5.74) is -1.42. The van der Waals surface area contributed by atoms with Gasteiger partial charge in [-0.3, -0.25) is 14.4 Å². The minimum Gasteiger partial charge on any atom is -0.394 e. The standard InChI is InChI=1S/C35H51N3O5/c1-9-16-25(7)36(19-10-2)33(42)30-35-21-24(6)34(8,43-35)28(29(35)32(41)38(30)27(22-39)23(5)12-4)31(40)37(20-11-3)26-17-14-13-15-18-26/h10-11,13-15,17-18,23-25,27-30,39H,2-3,9,12,16,19-22H2,1,4-8H3/t23-,24?,25?,27-,28+,29-,30?,34-,35?/m0/s1. The molecule has 0 saturated carbocycles. The molecule has 3 aliphatic heterocycles. The fourth-order valence-electron chi connectivity index (χ4n) is 8.09. The Labute approximate surface area is 257 Å². The summed E-state index contributed by atoms with van der Waals surface area (Å²) in [4.78, 5) is 49.4. The van der Waals surface area contributed by atoms with Gasteiger partial charge in [-0.25, -0.2) is 0 Å². The highest BCUT2D eigenvalue weighted by Crippen LogP contribution is 2.66. The van der Waals surface area contributed by atoms with E-state index in [1.165, 1.54) is 0 Å². The first-order valence-electron chi connectivity index (χ1n) is 16.0. The van der Waals surface area contributed by atoms with Gasteiger partial charge in [0.2, 0.25) is 17.7 Å². The maximum atomic E-state index is 14.8. The number of hydrogen-bond donors (Lipinski definition) is 1. The molecule has 0 aromatic heterocycles. The monoisotopic (exact) mass is 593 g/mol. The molecule has 3 aliphatic rings. The molecule has 1 aromatic carbocycles. The predicted octanol–water partition coefficient (Wildman–Crippen LogP) is 4.83. The molecule has 8 heteroatoms. The van der Waals surface area contributed by atoms with E-state index in [2.05, 4.69) is 27.0 Å². The van der Waals surface area contributed by atoms with Crippen LogP contribution < -0.4 is 4.90 Å². The second-order valence-corrected chi connectivity index (χ2v) is 13.1. The number of likely N-dealkylation sites (tertiary alicyclic amines) is 1. The Bertz CT molecular complexity index is 1210. The minimum atomic E-state index is -1.19. The molecule has 1 N–H and O–H groups in total. The summed E-state index contributed by atoms with van der Waals surface area (Å²) in [5.74, 6) is -2.49. The molecule has 43 heavy (non-hydrogen) atoms. The largest absolute Gasteiger partial charge is 0.394 e. The van der Waals surface area contributed by atoms with Crippen LogP contribution in [-0.2, 0) is 19.1 Å². The lowest BCUT2D eigenvalue weighted by atomic mass is 9.62. The van der Waals surface area contributed by atoms with E-state index >= 15 is 0 Å². The zero-order valence-corrected chi connectivity index (χ0v) is 26.9. The van der Waals surface area contributed by atoms with Crippen LogP contribution >= 0.6 is 0 Å². The number of hydrogen-bond acceptors (Lipinski definition) is 5. The summed E-state index contributed by atoms with van der Waals surface area (Å²) >= 11 is 0. The van der Waals surface area contributed by atoms with E-state index in [4.69, 9.17) is 4.74 Å². The maximum Gasteiger partial charge on any atom is 0.248 e. The van der Waals surface area contributed by atoms with Gasteiger partial charge in [-0.1, -0.05) is 70.9 Å². The van der Waals surface area contributed by atoms with Crippen LogP contribution in [0.15, 0.2) is 55.6 Å². The first-order valence-corrected chi connectivity index (χ1v) is 16.0. The zero-order valence-electron chi connectivity index (χ0n) is 26.9. The number of nitrogens with zero attached hydrogens (tertiary/aromatic N) is 3. The molecule has 3 saturated heterocycles. The Morgan fingerprint density at radius 2 is 1.79 bits per heavy atom. The van der Waals surface area contributed by atoms with Gasteiger partial charge in [-0.15, -0.1) is 13.2 Å². The molecular formula is C35H51N3O5. The van der Waals surface area contributed by atoms with Gasteiger partial charge in [0.25, 0.3) is 0 Å². The third-order valence-corrected chi connectivity index (χ3v) is 10.6. The molecule has 4 unspecified atom stereocenters. The molecule has 0 radical (unpaired) electrons. The van der Waals surface area contributed by atoms with Crippen molar-refractivity contribution in [3.63, 3.8) is 0 Å². The van der Waals surface area contributed by atoms with Crippen LogP contribution in [-0.4, -0.2) is 81.7 Å². The molecular weight excluding hydrogens is 542 g/mol. The Hall–Kier alpha value is -2.97. The fourth-order valence-corrected chi connectivity index (χ4v) is 8.09. The SMILES string of the molecule is C=CCN(C(=O)[C@H]1[C@H]2C(=O)N([C@@H](CO)[C@@H](C)CC)C(C(=O)N(CC=C)C(C)CCC)C23CC(C)[C@]1(C)O3)c1ccccc1. The van der Waals surface area contributed by atoms with E-state index in [-0.39, 0.29) is 48.8 Å². The number of amides is 3. The van der Waals surface area contributed by atoms with Gasteiger partial charge in [-0.2, -0.15) is 0 Å². The van der Waals surface area contributed by atoms with Gasteiger partial charge in [0.05, 0.1) is 30.1 Å². The number of aliphatic hydroxyl groups is 1. The molecule has 0 aliphatic carbocycles. The van der Waals surface area contributed by atoms with Gasteiger partial charge in [-0.05, 0) is 50.7 Å². The number of ether oxygens (including phenoxy) is 1. The normalized spacial score (nSPS) is 31.3. The average molecular weight is 594 g/mol. The molecule has 236 valence electrons. The predicted molar refractivity (Wildman–Crippen MR) is 169 cm³/mol. The maximum absolute atomic E-state index is 14.8. The van der Waals surface area contributed by atoms with Crippen LogP contribution in [0.4, 0.5) is 5.69 Å². The molecule has 3 amide bonds. The first-order chi connectivity index (χ1) is 20.5. The van der Waals surface area contributed by atoms with Crippen molar-refractivity contribution in [3.8, 4) is 0 Å². The molecule has 1 spiro atoms. The highest BCUT2D eigenvalue weighted by atomic mass is 16.5. The van der Waals surface area contributed by atoms with Crippen molar-refractivity contribution in [3.05, 3.63) is 55.6 Å². The summed E-state index contributed by atoms with van der Waals surface area (Å²) in [6.07, 6.45) is 6.30. The van der Waals surface area contributed by atoms with E-state index in [9.17, 15) is 19.5 Å². The van der Waals surface area contributed by atoms with Gasteiger partial charge in [0.1, 0.15) is 11.6 Å². The molecule has 3 fully saturated rings. The van der Waals surface area contributed by atoms with Gasteiger partial charge < -0.3 is 24.5 Å². The van der Waals surface area contributed by atoms with Crippen LogP contribution in [0.2, 0.25) is 0 Å². The van der Waals surface area contributed by atoms with E-state index in [1.807, 2.05) is 58.0 Å². The Morgan fingerprint density at radius 3 is 2.35 bits per heavy atom. The molecule has 2 bridgehead atoms. The Morgan fingerprint density at radius 1 is 1.14 bits per heavy atom. The number of anilines is 1. The van der Waals surface area contributed by atoms with Gasteiger partial charge in [0, 0.05) is 24.8 Å². The van der Waals surface area contributed by atoms with Gasteiger partial charge in [0.15, 0.2) is 0 Å². The average Bonchev–Trinajstić information content (AvgIpc) is 3.51. The van der Waals surface area contributed by atoms with Gasteiger partial charge >= 0.3 is 0 Å². The highest BCUT2D eigenvalue weighted by Gasteiger charge is 2.80. The van der Waals surface area contributed by atoms with Crippen LogP contribution in [0.1, 0.15) is 67.2 Å². The van der Waals surface area contributed by atoms with Crippen molar-refractivity contribution < 1.29 is 24.2 Å². The summed E-state index contributed by atoms with van der Waals surface area (Å²) < 4.78 is 7.00. The number of para-hydroxylation sites is 1. The van der Waals surface area contributed by atoms with Crippen molar-refractivity contribution in [1.29, 1.82) is 0 Å². The fraction of sp³-hybridized carbons (Fsp3) is 0.629. The molecule has 8 nitrogen and oxygen atoms in total. The van der Waals surface area contributed by atoms with Crippen LogP contribution in [0, 0.1) is 23.7 Å². The van der Waals surface area contributed by atoms with Crippen molar-refractivity contribution in [2.75, 3.05) is 24.6 Å². The van der Waals surface area contributed by atoms with Crippen LogP contribution in [0.5, 0.6) is 0 Å². The lowest BCUT2D eigenvalue weighted by Crippen LogP contribution is -2.61. The third-order valence-electron chi connectivity index (χ3n) is 10.6. The summed E-state index contributed by atoms with van der Waals surface area (Å²) in [6, 6.07) is 7.78. The number of aliphatic hydroxyl groups excluding tert-OH is 1. The smallest absolute Gasteiger partial charge is 0.248 e. The summed E-state index contributed by atoms with van der Waals surface area (Å²) in [5, 5.41) is 10.7. The first kappa shape index (κ1) is 32.9. The number of fused-ring (bicyclic) bond motifs is 1. The Balaban J connectivity index is 1.90. The van der Waals surface area contributed by atoms with E-state index < -0.39 is 35.1 Å². The molecule has 4 rings (SSSR count). The van der Waals surface area contributed by atoms with Crippen molar-refractivity contribution in [2.45, 2.75) is 96.6 Å². The number of carbonyl (C=O) groups is 3. The third kappa shape index (κ3) is 5.24. The minimum absolute atomic E-state index is 0.0682. The highest BCUT2D eigenvalue weighted by molar-refractivity contribution is 6.03. The lowest BCUT2D eigenvalue weighted by Gasteiger charge is -2.42. The lowest BCUT2D eigenvalue weighted by molar-refractivity contribution is -0.158. The number of rotatable bonds is 14. The molecule has 1 aromatic rings. The topological polar surface area (TPSA) is 90.4 Å². The quantitative estimate of drug-likeness (QED) is 0.312. The number of carbonyl (C=O) groups excluding carboxylic acids is 3. The molecule has 9 atom stereocenters.